The summed E-state index contributed by atoms with van der Waals surface area (Å²) in [6.07, 6.45) is 2.09. The molecular formula is C23H24ClF3N2O4S. The number of nitrogens with zero attached hydrogens (tertiary/aromatic N) is 2. The summed E-state index contributed by atoms with van der Waals surface area (Å²) in [5, 5.41) is 11.1. The van der Waals surface area contributed by atoms with Crippen LogP contribution < -0.4 is 4.74 Å². The highest BCUT2D eigenvalue weighted by atomic mass is 35.5. The molecule has 0 saturated carbocycles. The zero-order valence-electron chi connectivity index (χ0n) is 18.5. The molecule has 11 heteroatoms. The number of hydrogen-bond donors (Lipinski definition) is 1. The lowest BCUT2D eigenvalue weighted by Gasteiger charge is -2.10. The fourth-order valence-electron chi connectivity index (χ4n) is 2.93. The van der Waals surface area contributed by atoms with Gasteiger partial charge in [0.1, 0.15) is 17.8 Å². The van der Waals surface area contributed by atoms with Crippen molar-refractivity contribution in [3.8, 4) is 11.5 Å². The van der Waals surface area contributed by atoms with Crippen molar-refractivity contribution in [3.63, 3.8) is 0 Å². The van der Waals surface area contributed by atoms with Gasteiger partial charge in [-0.05, 0) is 67.6 Å². The molecule has 0 spiro atoms. The quantitative estimate of drug-likeness (QED) is 0.181. The molecule has 0 aliphatic carbocycles. The van der Waals surface area contributed by atoms with E-state index >= 15 is 0 Å². The van der Waals surface area contributed by atoms with Crippen molar-refractivity contribution in [3.05, 3.63) is 82.4 Å². The minimum Gasteiger partial charge on any atom is -0.457 e. The molecule has 0 atom stereocenters. The first-order chi connectivity index (χ1) is 16.3. The van der Waals surface area contributed by atoms with E-state index in [0.717, 1.165) is 66.8 Å². The molecule has 3 rings (SSSR count). The lowest BCUT2D eigenvalue weighted by atomic mass is 10.1. The minimum absolute atomic E-state index is 0.357. The van der Waals surface area contributed by atoms with Crippen LogP contribution >= 0.6 is 23.6 Å². The Morgan fingerprint density at radius 3 is 2.03 bits per heavy atom. The first-order valence-electron chi connectivity index (χ1n) is 10.2. The molecule has 0 unspecified atom stereocenters. The second kappa shape index (κ2) is 14.1. The van der Waals surface area contributed by atoms with Crippen molar-refractivity contribution in [1.29, 1.82) is 0 Å². The van der Waals surface area contributed by atoms with Crippen LogP contribution in [0.25, 0.3) is 0 Å². The van der Waals surface area contributed by atoms with Crippen LogP contribution in [0.5, 0.6) is 11.5 Å². The van der Waals surface area contributed by atoms with Gasteiger partial charge in [0.25, 0.3) is 0 Å². The second-order valence-corrected chi connectivity index (χ2v) is 7.71. The summed E-state index contributed by atoms with van der Waals surface area (Å²) in [4.78, 5) is 8.44. The minimum atomic E-state index is -4.35. The van der Waals surface area contributed by atoms with Gasteiger partial charge >= 0.3 is 6.18 Å². The topological polar surface area (TPSA) is 73.7 Å². The SMILES string of the molecule is CCc1ncnc(CCCc2ccc(Oc3ccc(C(F)(F)F)cc3)cc2)c1Cl.CSOOO. The van der Waals surface area contributed by atoms with Gasteiger partial charge in [-0.1, -0.05) is 35.7 Å². The molecule has 0 amide bonds. The second-order valence-electron chi connectivity index (χ2n) is 6.87. The maximum absolute atomic E-state index is 12.6. The molecule has 0 radical (unpaired) electrons. The molecule has 1 N–H and O–H groups in total. The van der Waals surface area contributed by atoms with E-state index in [2.05, 4.69) is 19.3 Å². The number of halogens is 4. The van der Waals surface area contributed by atoms with Crippen LogP contribution in [0.2, 0.25) is 5.02 Å². The monoisotopic (exact) mass is 516 g/mol. The van der Waals surface area contributed by atoms with E-state index in [9.17, 15) is 13.2 Å². The van der Waals surface area contributed by atoms with Gasteiger partial charge in [-0.2, -0.15) is 13.2 Å². The van der Waals surface area contributed by atoms with Gasteiger partial charge in [0.05, 0.1) is 22.0 Å². The van der Waals surface area contributed by atoms with E-state index in [1.165, 1.54) is 12.1 Å². The number of benzene rings is 2. The van der Waals surface area contributed by atoms with Crippen LogP contribution in [0.15, 0.2) is 54.9 Å². The van der Waals surface area contributed by atoms with E-state index < -0.39 is 11.7 Å². The zero-order valence-corrected chi connectivity index (χ0v) is 20.1. The Bertz CT molecular complexity index is 1000. The van der Waals surface area contributed by atoms with E-state index in [4.69, 9.17) is 21.6 Å². The predicted octanol–water partition coefficient (Wildman–Crippen LogP) is 7.36. The number of ether oxygens (including phenoxy) is 1. The van der Waals surface area contributed by atoms with Gasteiger partial charge in [0.2, 0.25) is 0 Å². The molecule has 3 aromatic rings. The van der Waals surface area contributed by atoms with E-state index in [-0.39, 0.29) is 0 Å². The fraction of sp³-hybridized carbons (Fsp3) is 0.304. The summed E-state index contributed by atoms with van der Waals surface area (Å²) in [6.45, 7) is 2.01. The highest BCUT2D eigenvalue weighted by Crippen LogP contribution is 2.31. The zero-order chi connectivity index (χ0) is 25.0. The van der Waals surface area contributed by atoms with Crippen molar-refractivity contribution >= 4 is 23.6 Å². The van der Waals surface area contributed by atoms with Gasteiger partial charge in [-0.15, -0.1) is 4.33 Å². The van der Waals surface area contributed by atoms with E-state index in [0.29, 0.717) is 16.5 Å². The van der Waals surface area contributed by atoms with Crippen LogP contribution in [0.3, 0.4) is 0 Å². The largest absolute Gasteiger partial charge is 0.457 e. The maximum atomic E-state index is 12.6. The van der Waals surface area contributed by atoms with Crippen LogP contribution in [0, 0.1) is 0 Å². The summed E-state index contributed by atoms with van der Waals surface area (Å²) < 4.78 is 47.2. The van der Waals surface area contributed by atoms with Crippen molar-refractivity contribution < 1.29 is 32.5 Å². The summed E-state index contributed by atoms with van der Waals surface area (Å²) >= 11 is 7.25. The Balaban J connectivity index is 0.000000739. The Kier molecular flexibility index (Phi) is 11.6. The smallest absolute Gasteiger partial charge is 0.416 e. The highest BCUT2D eigenvalue weighted by Gasteiger charge is 2.30. The Morgan fingerprint density at radius 1 is 0.941 bits per heavy atom. The Morgan fingerprint density at radius 2 is 1.53 bits per heavy atom. The summed E-state index contributed by atoms with van der Waals surface area (Å²) in [5.41, 5.74) is 2.16. The number of aromatic nitrogens is 2. The number of alkyl halides is 3. The molecular weight excluding hydrogens is 493 g/mol. The van der Waals surface area contributed by atoms with Gasteiger partial charge in [0.15, 0.2) is 0 Å². The fourth-order valence-corrected chi connectivity index (χ4v) is 3.32. The molecule has 6 nitrogen and oxygen atoms in total. The normalized spacial score (nSPS) is 11.0. The first kappa shape index (κ1) is 27.9. The molecule has 184 valence electrons. The van der Waals surface area contributed by atoms with Crippen molar-refractivity contribution in [2.75, 3.05) is 6.26 Å². The molecule has 1 aromatic heterocycles. The van der Waals surface area contributed by atoms with Crippen molar-refractivity contribution in [1.82, 2.24) is 9.97 Å². The van der Waals surface area contributed by atoms with Gasteiger partial charge in [-0.25, -0.2) is 15.2 Å². The first-order valence-corrected chi connectivity index (χ1v) is 11.7. The summed E-state index contributed by atoms with van der Waals surface area (Å²) in [5.74, 6) is 0.927. The van der Waals surface area contributed by atoms with Crippen molar-refractivity contribution in [2.24, 2.45) is 0 Å². The average Bonchev–Trinajstić information content (AvgIpc) is 2.82. The molecule has 0 fully saturated rings. The van der Waals surface area contributed by atoms with Gasteiger partial charge in [0, 0.05) is 18.3 Å². The number of aryl methyl sites for hydroxylation is 3. The van der Waals surface area contributed by atoms with Crippen LogP contribution in [0.4, 0.5) is 13.2 Å². The third kappa shape index (κ3) is 9.11. The van der Waals surface area contributed by atoms with Crippen LogP contribution in [-0.2, 0) is 34.8 Å². The Hall–Kier alpha value is -2.37. The molecule has 34 heavy (non-hydrogen) atoms. The highest BCUT2D eigenvalue weighted by molar-refractivity contribution is 7.93. The maximum Gasteiger partial charge on any atom is 0.416 e. The molecule has 0 saturated heterocycles. The van der Waals surface area contributed by atoms with Crippen molar-refractivity contribution in [2.45, 2.75) is 38.8 Å². The number of rotatable bonds is 9. The average molecular weight is 517 g/mol. The lowest BCUT2D eigenvalue weighted by Crippen LogP contribution is -2.03. The van der Waals surface area contributed by atoms with Crippen LogP contribution in [0.1, 0.15) is 35.9 Å². The standard InChI is InChI=1S/C22H20ClF3N2O.CH4O3S/c1-2-19-21(23)20(28-14-27-19)5-3-4-15-6-10-17(11-7-15)29-18-12-8-16(9-13-18)22(24,25)26;1-5-4-3-2/h6-14H,2-5H2,1H3;2H,1H3. The third-order valence-electron chi connectivity index (χ3n) is 4.59. The lowest BCUT2D eigenvalue weighted by molar-refractivity contribution is -0.432. The molecule has 0 aliphatic heterocycles. The predicted molar refractivity (Wildman–Crippen MR) is 125 cm³/mol. The molecule has 1 heterocycles. The molecule has 2 aromatic carbocycles. The van der Waals surface area contributed by atoms with Gasteiger partial charge in [-0.3, -0.25) is 0 Å². The van der Waals surface area contributed by atoms with Crippen LogP contribution in [-0.4, -0.2) is 21.5 Å². The van der Waals surface area contributed by atoms with E-state index in [1.807, 2.05) is 19.1 Å². The van der Waals surface area contributed by atoms with E-state index in [1.54, 1.807) is 24.7 Å². The summed E-state index contributed by atoms with van der Waals surface area (Å²) in [7, 11) is 0. The molecule has 0 aliphatic rings. The Labute approximate surface area is 205 Å². The summed E-state index contributed by atoms with van der Waals surface area (Å²) in [6, 6.07) is 12.1. The molecule has 0 bridgehead atoms. The van der Waals surface area contributed by atoms with Gasteiger partial charge < -0.3 is 4.74 Å². The third-order valence-corrected chi connectivity index (χ3v) is 5.22. The number of hydrogen-bond acceptors (Lipinski definition) is 7.